The fourth-order valence-corrected chi connectivity index (χ4v) is 6.55. The summed E-state index contributed by atoms with van der Waals surface area (Å²) < 4.78 is 25.3. The van der Waals surface area contributed by atoms with E-state index in [2.05, 4.69) is 0 Å². The van der Waals surface area contributed by atoms with Crippen LogP contribution in [0.15, 0.2) is 0 Å². The monoisotopic (exact) mass is 230 g/mol. The van der Waals surface area contributed by atoms with Gasteiger partial charge in [0.05, 0.1) is 0 Å². The Balaban J connectivity index is 3.58. The van der Waals surface area contributed by atoms with Gasteiger partial charge in [0.25, 0.3) is 0 Å². The van der Waals surface area contributed by atoms with Crippen molar-refractivity contribution in [2.24, 2.45) is 0 Å². The second-order valence-corrected chi connectivity index (χ2v) is 8.61. The first-order chi connectivity index (χ1) is 5.28. The van der Waals surface area contributed by atoms with E-state index >= 15 is 0 Å². The maximum absolute atomic E-state index is 5.31. The quantitative estimate of drug-likeness (QED) is 0.440. The van der Waals surface area contributed by atoms with Crippen molar-refractivity contribution in [1.29, 1.82) is 0 Å². The van der Waals surface area contributed by atoms with Gasteiger partial charge in [0.2, 0.25) is 0 Å². The second kappa shape index (κ2) is 7.32. The van der Waals surface area contributed by atoms with Crippen molar-refractivity contribution in [1.82, 2.24) is 0 Å². The molecule has 0 heterocycles. The third kappa shape index (κ3) is 4.99. The first kappa shape index (κ1) is 11.7. The lowest BCUT2D eigenvalue weighted by Gasteiger charge is -2.17. The minimum absolute atomic E-state index is 0.627. The molecule has 0 saturated heterocycles. The molecule has 0 aliphatic heterocycles. The number of hydrogen-bond acceptors (Lipinski definition) is 5. The first-order valence-electron chi connectivity index (χ1n) is 3.05. The van der Waals surface area contributed by atoms with Gasteiger partial charge in [-0.3, -0.25) is 0 Å². The third-order valence-corrected chi connectivity index (χ3v) is 6.62. The molecule has 68 valence electrons. The lowest BCUT2D eigenvalue weighted by atomic mass is 11.8. The van der Waals surface area contributed by atoms with Gasteiger partial charge in [-0.05, 0) is 0 Å². The fourth-order valence-electron chi connectivity index (χ4n) is 0.505. The Hall–Kier alpha value is 0.668. The van der Waals surface area contributed by atoms with Gasteiger partial charge in [0.1, 0.15) is 21.0 Å². The van der Waals surface area contributed by atoms with Gasteiger partial charge in [-0.1, -0.05) is 0 Å². The van der Waals surface area contributed by atoms with Gasteiger partial charge in [-0.25, -0.2) is 0 Å². The third-order valence-electron chi connectivity index (χ3n) is 0.992. The predicted molar refractivity (Wildman–Crippen MR) is 51.4 cm³/mol. The lowest BCUT2D eigenvalue weighted by molar-refractivity contribution is 0.187. The molecule has 11 heavy (non-hydrogen) atoms. The Bertz CT molecular complexity index is 74.6. The van der Waals surface area contributed by atoms with Gasteiger partial charge < -0.3 is 21.2 Å². The van der Waals surface area contributed by atoms with E-state index < -0.39 is 19.1 Å². The molecule has 0 N–H and O–H groups in total. The van der Waals surface area contributed by atoms with Crippen molar-refractivity contribution in [3.63, 3.8) is 0 Å². The SMILES string of the molecule is CO[SiH](O[SiH3])O[SiH](OC)O[SiH3]. The molecular weight excluding hydrogens is 216 g/mol. The molecule has 0 rings (SSSR count). The zero-order valence-electron chi connectivity index (χ0n) is 7.20. The van der Waals surface area contributed by atoms with Gasteiger partial charge in [-0.2, -0.15) is 0 Å². The molecule has 0 bridgehead atoms. The minimum Gasteiger partial charge on any atom is -0.427 e. The second-order valence-electron chi connectivity index (χ2n) is 1.66. The van der Waals surface area contributed by atoms with Crippen LogP contribution in [0.2, 0.25) is 0 Å². The number of rotatable bonds is 6. The predicted octanol–water partition coefficient (Wildman–Crippen LogP) is -3.68. The zero-order chi connectivity index (χ0) is 8.69. The van der Waals surface area contributed by atoms with Crippen LogP contribution in [0.25, 0.3) is 0 Å². The molecule has 0 radical (unpaired) electrons. The van der Waals surface area contributed by atoms with Crippen LogP contribution in [0, 0.1) is 0 Å². The summed E-state index contributed by atoms with van der Waals surface area (Å²) in [6, 6.07) is 0. The molecule has 0 spiro atoms. The van der Waals surface area contributed by atoms with Gasteiger partial charge in [-0.15, -0.1) is 0 Å². The molecule has 0 amide bonds. The average molecular weight is 230 g/mol. The fraction of sp³-hybridized carbons (Fsp3) is 1.00. The summed E-state index contributed by atoms with van der Waals surface area (Å²) in [6.45, 7) is 0. The van der Waals surface area contributed by atoms with Crippen LogP contribution in [0.4, 0.5) is 0 Å². The van der Waals surface area contributed by atoms with Crippen molar-refractivity contribution in [3.05, 3.63) is 0 Å². The van der Waals surface area contributed by atoms with Crippen LogP contribution < -0.4 is 0 Å². The lowest BCUT2D eigenvalue weighted by Crippen LogP contribution is -2.36. The Morgan fingerprint density at radius 2 is 1.27 bits per heavy atom. The molecule has 0 fully saturated rings. The van der Waals surface area contributed by atoms with Gasteiger partial charge in [0, 0.05) is 14.2 Å². The molecule has 2 unspecified atom stereocenters. The normalized spacial score (nSPS) is 16.9. The van der Waals surface area contributed by atoms with E-state index in [1.807, 2.05) is 0 Å². The molecule has 5 nitrogen and oxygen atoms in total. The van der Waals surface area contributed by atoms with E-state index in [0.717, 1.165) is 0 Å². The summed E-state index contributed by atoms with van der Waals surface area (Å²) in [7, 11) is 0.619. The summed E-state index contributed by atoms with van der Waals surface area (Å²) in [5.41, 5.74) is 0. The van der Waals surface area contributed by atoms with Gasteiger partial charge >= 0.3 is 19.1 Å². The topological polar surface area (TPSA) is 46.2 Å². The van der Waals surface area contributed by atoms with E-state index in [-0.39, 0.29) is 0 Å². The van der Waals surface area contributed by atoms with Crippen LogP contribution in [-0.2, 0) is 21.2 Å². The summed E-state index contributed by atoms with van der Waals surface area (Å²) >= 11 is 0. The molecular formula is C2H14O5Si4. The summed E-state index contributed by atoms with van der Waals surface area (Å²) in [4.78, 5) is 0. The van der Waals surface area contributed by atoms with E-state index in [0.29, 0.717) is 21.0 Å². The van der Waals surface area contributed by atoms with Crippen LogP contribution in [0.5, 0.6) is 0 Å². The first-order valence-corrected chi connectivity index (χ1v) is 7.51. The molecule has 0 aromatic carbocycles. The Kier molecular flexibility index (Phi) is 7.77. The summed E-state index contributed by atoms with van der Waals surface area (Å²) in [5.74, 6) is 0. The van der Waals surface area contributed by atoms with E-state index in [1.165, 1.54) is 0 Å². The van der Waals surface area contributed by atoms with Gasteiger partial charge in [0.15, 0.2) is 0 Å². The molecule has 0 saturated carbocycles. The Morgan fingerprint density at radius 3 is 1.45 bits per heavy atom. The number of hydrogen-bond donors (Lipinski definition) is 0. The zero-order valence-corrected chi connectivity index (χ0v) is 13.5. The molecule has 0 aliphatic rings. The highest BCUT2D eigenvalue weighted by Gasteiger charge is 2.19. The highest BCUT2D eigenvalue weighted by atomic mass is 28.4. The van der Waals surface area contributed by atoms with Crippen molar-refractivity contribution >= 4 is 40.0 Å². The molecule has 9 heteroatoms. The van der Waals surface area contributed by atoms with Crippen LogP contribution >= 0.6 is 0 Å². The van der Waals surface area contributed by atoms with E-state index in [4.69, 9.17) is 21.2 Å². The van der Waals surface area contributed by atoms with Crippen LogP contribution in [-0.4, -0.2) is 54.2 Å². The standard InChI is InChI=1S/C2H14O5Si4/c1-3-10(5-8)7-11(4-2)6-9/h10-11H,1-2,8-9H3. The highest BCUT2D eigenvalue weighted by molar-refractivity contribution is 6.55. The maximum atomic E-state index is 5.31. The Labute approximate surface area is 76.0 Å². The minimum atomic E-state index is -1.89. The van der Waals surface area contributed by atoms with Crippen molar-refractivity contribution in [2.75, 3.05) is 14.2 Å². The molecule has 0 aliphatic carbocycles. The summed E-state index contributed by atoms with van der Waals surface area (Å²) in [5, 5.41) is 0. The molecule has 0 aromatic heterocycles. The van der Waals surface area contributed by atoms with Crippen molar-refractivity contribution in [3.8, 4) is 0 Å². The van der Waals surface area contributed by atoms with Crippen LogP contribution in [0.1, 0.15) is 0 Å². The van der Waals surface area contributed by atoms with Crippen LogP contribution in [0.3, 0.4) is 0 Å². The molecule has 0 aromatic rings. The van der Waals surface area contributed by atoms with E-state index in [1.54, 1.807) is 14.2 Å². The smallest absolute Gasteiger partial charge is 0.427 e. The van der Waals surface area contributed by atoms with Crippen molar-refractivity contribution in [2.45, 2.75) is 0 Å². The average Bonchev–Trinajstić information content (AvgIpc) is 2.07. The van der Waals surface area contributed by atoms with Crippen molar-refractivity contribution < 1.29 is 21.2 Å². The molecule has 2 atom stereocenters. The summed E-state index contributed by atoms with van der Waals surface area (Å²) in [6.07, 6.45) is 0. The maximum Gasteiger partial charge on any atom is 0.465 e. The Morgan fingerprint density at radius 1 is 0.909 bits per heavy atom. The van der Waals surface area contributed by atoms with E-state index in [9.17, 15) is 0 Å². The largest absolute Gasteiger partial charge is 0.465 e. The highest BCUT2D eigenvalue weighted by Crippen LogP contribution is 1.93.